The normalized spacial score (nSPS) is 10.2. The number of hydrogen-bond acceptors (Lipinski definition) is 4. The van der Waals surface area contributed by atoms with Crippen LogP contribution in [0.5, 0.6) is 11.5 Å². The number of carbonyl (C=O) groups excluding carboxylic acids is 2. The highest BCUT2D eigenvalue weighted by Gasteiger charge is 2.11. The van der Waals surface area contributed by atoms with E-state index < -0.39 is 0 Å². The Morgan fingerprint density at radius 1 is 0.750 bits per heavy atom. The number of para-hydroxylation sites is 2. The van der Waals surface area contributed by atoms with E-state index >= 15 is 0 Å². The molecule has 3 aromatic rings. The van der Waals surface area contributed by atoms with E-state index in [2.05, 4.69) is 5.32 Å². The van der Waals surface area contributed by atoms with Crippen LogP contribution in [0.4, 0.5) is 5.69 Å². The Morgan fingerprint density at radius 2 is 1.36 bits per heavy atom. The van der Waals surface area contributed by atoms with E-state index in [1.807, 2.05) is 25.1 Å². The smallest absolute Gasteiger partial charge is 0.255 e. The van der Waals surface area contributed by atoms with Crippen molar-refractivity contribution in [2.24, 2.45) is 0 Å². The highest BCUT2D eigenvalue weighted by Crippen LogP contribution is 2.26. The molecule has 0 bridgehead atoms. The monoisotopic (exact) mass is 375 g/mol. The summed E-state index contributed by atoms with van der Waals surface area (Å²) in [5, 5.41) is 2.81. The van der Waals surface area contributed by atoms with Gasteiger partial charge in [-0.1, -0.05) is 30.3 Å². The van der Waals surface area contributed by atoms with Crippen molar-refractivity contribution in [3.8, 4) is 11.5 Å². The fourth-order valence-electron chi connectivity index (χ4n) is 2.60. The Morgan fingerprint density at radius 3 is 2.00 bits per heavy atom. The summed E-state index contributed by atoms with van der Waals surface area (Å²) in [7, 11) is 0. The van der Waals surface area contributed by atoms with Gasteiger partial charge in [0.1, 0.15) is 0 Å². The number of ether oxygens (including phenoxy) is 2. The molecule has 142 valence electrons. The number of rotatable bonds is 8. The van der Waals surface area contributed by atoms with Crippen LogP contribution in [0, 0.1) is 0 Å². The van der Waals surface area contributed by atoms with Crippen molar-refractivity contribution < 1.29 is 19.1 Å². The van der Waals surface area contributed by atoms with Gasteiger partial charge in [-0.25, -0.2) is 0 Å². The second kappa shape index (κ2) is 9.37. The summed E-state index contributed by atoms with van der Waals surface area (Å²) >= 11 is 0. The molecule has 1 N–H and O–H groups in total. The lowest BCUT2D eigenvalue weighted by Gasteiger charge is -2.11. The van der Waals surface area contributed by atoms with Gasteiger partial charge >= 0.3 is 0 Å². The Labute approximate surface area is 163 Å². The molecule has 0 aromatic heterocycles. The summed E-state index contributed by atoms with van der Waals surface area (Å²) in [6.07, 6.45) is 0. The minimum absolute atomic E-state index is 0.0974. The Kier molecular flexibility index (Phi) is 6.41. The second-order valence-corrected chi connectivity index (χ2v) is 5.99. The summed E-state index contributed by atoms with van der Waals surface area (Å²) in [5.41, 5.74) is 1.70. The summed E-state index contributed by atoms with van der Waals surface area (Å²) < 4.78 is 11.1. The van der Waals surface area contributed by atoms with Crippen molar-refractivity contribution in [3.63, 3.8) is 0 Å². The Bertz CT molecular complexity index is 936. The molecule has 0 aliphatic carbocycles. The van der Waals surface area contributed by atoms with Gasteiger partial charge in [-0.15, -0.1) is 0 Å². The Hall–Kier alpha value is -3.60. The van der Waals surface area contributed by atoms with Gasteiger partial charge in [-0.3, -0.25) is 9.59 Å². The minimum atomic E-state index is -0.199. The highest BCUT2D eigenvalue weighted by atomic mass is 16.5. The predicted octanol–water partition coefficient (Wildman–Crippen LogP) is 4.60. The standard InChI is InChI=1S/C23H21NO4/c1-2-27-21-10-6-7-11-22(21)28-16-20(25)17-12-14-19(15-13-17)24-23(26)18-8-4-3-5-9-18/h3-15H,2,16H2,1H3,(H,24,26). The van der Waals surface area contributed by atoms with E-state index in [1.165, 1.54) is 0 Å². The number of benzene rings is 3. The van der Waals surface area contributed by atoms with Crippen molar-refractivity contribution in [2.45, 2.75) is 6.92 Å². The van der Waals surface area contributed by atoms with Crippen LogP contribution in [-0.2, 0) is 0 Å². The van der Waals surface area contributed by atoms with Crippen LogP contribution in [0.15, 0.2) is 78.9 Å². The van der Waals surface area contributed by atoms with Crippen molar-refractivity contribution in [2.75, 3.05) is 18.5 Å². The van der Waals surface area contributed by atoms with Crippen LogP contribution in [0.25, 0.3) is 0 Å². The van der Waals surface area contributed by atoms with E-state index in [-0.39, 0.29) is 18.3 Å². The van der Waals surface area contributed by atoms with Gasteiger partial charge in [0.2, 0.25) is 0 Å². The molecule has 0 radical (unpaired) electrons. The number of amides is 1. The topological polar surface area (TPSA) is 64.6 Å². The number of anilines is 1. The van der Waals surface area contributed by atoms with Crippen molar-refractivity contribution in [1.82, 2.24) is 0 Å². The molecule has 3 rings (SSSR count). The number of ketones is 1. The zero-order valence-corrected chi connectivity index (χ0v) is 15.6. The van der Waals surface area contributed by atoms with Crippen molar-refractivity contribution >= 4 is 17.4 Å². The van der Waals surface area contributed by atoms with E-state index in [4.69, 9.17) is 9.47 Å². The van der Waals surface area contributed by atoms with E-state index in [1.54, 1.807) is 60.7 Å². The number of Topliss-reactive ketones (excluding diaryl/α,β-unsaturated/α-hetero) is 1. The first kappa shape index (κ1) is 19.2. The molecule has 5 nitrogen and oxygen atoms in total. The average molecular weight is 375 g/mol. The number of nitrogens with one attached hydrogen (secondary N) is 1. The summed E-state index contributed by atoms with van der Waals surface area (Å²) in [4.78, 5) is 24.6. The van der Waals surface area contributed by atoms with Gasteiger partial charge in [0.05, 0.1) is 6.61 Å². The molecule has 0 fully saturated rings. The van der Waals surface area contributed by atoms with Gasteiger partial charge in [0, 0.05) is 16.8 Å². The van der Waals surface area contributed by atoms with Crippen LogP contribution < -0.4 is 14.8 Å². The fourth-order valence-corrected chi connectivity index (χ4v) is 2.60. The summed E-state index contributed by atoms with van der Waals surface area (Å²) in [6, 6.07) is 22.9. The van der Waals surface area contributed by atoms with Crippen LogP contribution in [0.1, 0.15) is 27.6 Å². The molecular weight excluding hydrogens is 354 g/mol. The van der Waals surface area contributed by atoms with E-state index in [9.17, 15) is 9.59 Å². The third kappa shape index (κ3) is 4.98. The van der Waals surface area contributed by atoms with Crippen LogP contribution in [0.2, 0.25) is 0 Å². The predicted molar refractivity (Wildman–Crippen MR) is 108 cm³/mol. The summed E-state index contributed by atoms with van der Waals surface area (Å²) in [5.74, 6) is 0.781. The molecule has 0 aliphatic rings. The SMILES string of the molecule is CCOc1ccccc1OCC(=O)c1ccc(NC(=O)c2ccccc2)cc1. The maximum atomic E-state index is 12.4. The molecule has 3 aromatic carbocycles. The van der Waals surface area contributed by atoms with Crippen LogP contribution >= 0.6 is 0 Å². The molecule has 0 saturated carbocycles. The van der Waals surface area contributed by atoms with Crippen molar-refractivity contribution in [3.05, 3.63) is 90.0 Å². The molecule has 5 heteroatoms. The second-order valence-electron chi connectivity index (χ2n) is 5.99. The van der Waals surface area contributed by atoms with E-state index in [0.717, 1.165) is 0 Å². The molecule has 1 amide bonds. The van der Waals surface area contributed by atoms with Crippen LogP contribution in [-0.4, -0.2) is 24.9 Å². The first-order valence-corrected chi connectivity index (χ1v) is 9.01. The number of hydrogen-bond donors (Lipinski definition) is 1. The third-order valence-electron chi connectivity index (χ3n) is 4.01. The molecular formula is C23H21NO4. The fraction of sp³-hybridized carbons (Fsp3) is 0.130. The molecule has 0 aliphatic heterocycles. The molecule has 0 atom stereocenters. The van der Waals surface area contributed by atoms with Crippen molar-refractivity contribution in [1.29, 1.82) is 0 Å². The van der Waals surface area contributed by atoms with Gasteiger partial charge in [0.15, 0.2) is 23.9 Å². The molecule has 0 heterocycles. The Balaban J connectivity index is 1.59. The molecule has 0 saturated heterocycles. The first-order valence-electron chi connectivity index (χ1n) is 9.01. The summed E-state index contributed by atoms with van der Waals surface area (Å²) in [6.45, 7) is 2.31. The van der Waals surface area contributed by atoms with E-state index in [0.29, 0.717) is 34.9 Å². The molecule has 0 spiro atoms. The lowest BCUT2D eigenvalue weighted by Crippen LogP contribution is -2.13. The lowest BCUT2D eigenvalue weighted by atomic mass is 10.1. The van der Waals surface area contributed by atoms with Gasteiger partial charge in [-0.05, 0) is 55.5 Å². The van der Waals surface area contributed by atoms with Crippen LogP contribution in [0.3, 0.4) is 0 Å². The largest absolute Gasteiger partial charge is 0.490 e. The maximum absolute atomic E-state index is 12.4. The molecule has 0 unspecified atom stereocenters. The van der Waals surface area contributed by atoms with Gasteiger partial charge < -0.3 is 14.8 Å². The number of carbonyl (C=O) groups is 2. The maximum Gasteiger partial charge on any atom is 0.255 e. The minimum Gasteiger partial charge on any atom is -0.490 e. The zero-order valence-electron chi connectivity index (χ0n) is 15.6. The average Bonchev–Trinajstić information content (AvgIpc) is 2.74. The zero-order chi connectivity index (χ0) is 19.8. The van der Waals surface area contributed by atoms with Gasteiger partial charge in [-0.2, -0.15) is 0 Å². The van der Waals surface area contributed by atoms with Gasteiger partial charge in [0.25, 0.3) is 5.91 Å². The third-order valence-corrected chi connectivity index (χ3v) is 4.01. The lowest BCUT2D eigenvalue weighted by molar-refractivity contribution is 0.0918. The highest BCUT2D eigenvalue weighted by molar-refractivity contribution is 6.04. The first-order chi connectivity index (χ1) is 13.7. The molecule has 28 heavy (non-hydrogen) atoms. The quantitative estimate of drug-likeness (QED) is 0.585.